The molecule has 0 aliphatic rings. The van der Waals surface area contributed by atoms with Gasteiger partial charge in [-0.05, 0) is 6.07 Å². The van der Waals surface area contributed by atoms with Crippen LogP contribution >= 0.6 is 22.9 Å². The lowest BCUT2D eigenvalue weighted by Crippen LogP contribution is -2.17. The van der Waals surface area contributed by atoms with Crippen molar-refractivity contribution >= 4 is 38.1 Å². The standard InChI is InChI=1S/C8H6ClF3N4O2S2/c1-16-4(2-3-13-16)20(17,18)15-7-14-5(6(9)19-7)8(10,11)12/h2-3H,1H3,(H,14,15). The number of thiazole rings is 1. The molecule has 0 unspecified atom stereocenters. The lowest BCUT2D eigenvalue weighted by atomic mass is 10.5. The van der Waals surface area contributed by atoms with Crippen LogP contribution in [-0.4, -0.2) is 23.2 Å². The number of aromatic nitrogens is 3. The molecule has 0 saturated carbocycles. The minimum atomic E-state index is -4.75. The number of alkyl halides is 3. The summed E-state index contributed by atoms with van der Waals surface area (Å²) in [6, 6.07) is 1.20. The fraction of sp³-hybridized carbons (Fsp3) is 0.250. The number of nitrogens with zero attached hydrogens (tertiary/aromatic N) is 3. The van der Waals surface area contributed by atoms with Crippen LogP contribution < -0.4 is 4.72 Å². The predicted octanol–water partition coefficient (Wildman–Crippen LogP) is 2.35. The summed E-state index contributed by atoms with van der Waals surface area (Å²) >= 11 is 5.78. The Balaban J connectivity index is 2.34. The first-order chi connectivity index (χ1) is 9.11. The summed E-state index contributed by atoms with van der Waals surface area (Å²) in [5.41, 5.74) is -1.33. The zero-order valence-corrected chi connectivity index (χ0v) is 12.0. The quantitative estimate of drug-likeness (QED) is 0.925. The van der Waals surface area contributed by atoms with Gasteiger partial charge in [-0.3, -0.25) is 9.40 Å². The molecular formula is C8H6ClF3N4O2S2. The molecule has 0 aromatic carbocycles. The van der Waals surface area contributed by atoms with Gasteiger partial charge in [0.05, 0.1) is 6.20 Å². The van der Waals surface area contributed by atoms with E-state index in [0.717, 1.165) is 4.68 Å². The van der Waals surface area contributed by atoms with Crippen molar-refractivity contribution in [2.45, 2.75) is 11.2 Å². The van der Waals surface area contributed by atoms with E-state index in [0.29, 0.717) is 11.3 Å². The van der Waals surface area contributed by atoms with Gasteiger partial charge in [-0.2, -0.15) is 26.7 Å². The van der Waals surface area contributed by atoms with E-state index in [1.54, 1.807) is 0 Å². The third-order valence-corrected chi connectivity index (χ3v) is 4.84. The fourth-order valence-electron chi connectivity index (χ4n) is 1.31. The summed E-state index contributed by atoms with van der Waals surface area (Å²) in [5, 5.41) is 2.98. The molecule has 0 amide bonds. The van der Waals surface area contributed by atoms with Crippen molar-refractivity contribution in [2.24, 2.45) is 7.05 Å². The SMILES string of the molecule is Cn1nccc1S(=O)(=O)Nc1nc(C(F)(F)F)c(Cl)s1. The molecular weight excluding hydrogens is 341 g/mol. The number of halogens is 4. The van der Waals surface area contributed by atoms with Crippen molar-refractivity contribution in [1.29, 1.82) is 0 Å². The molecule has 110 valence electrons. The lowest BCUT2D eigenvalue weighted by molar-refractivity contribution is -0.140. The van der Waals surface area contributed by atoms with Gasteiger partial charge >= 0.3 is 6.18 Å². The Kier molecular flexibility index (Phi) is 3.69. The molecule has 0 spiro atoms. The number of rotatable bonds is 3. The highest BCUT2D eigenvalue weighted by Gasteiger charge is 2.37. The van der Waals surface area contributed by atoms with E-state index in [9.17, 15) is 21.6 Å². The summed E-state index contributed by atoms with van der Waals surface area (Å²) < 4.78 is 63.7. The molecule has 2 aromatic heterocycles. The molecule has 2 aromatic rings. The molecule has 6 nitrogen and oxygen atoms in total. The maximum atomic E-state index is 12.5. The van der Waals surface area contributed by atoms with Crippen LogP contribution in [0.3, 0.4) is 0 Å². The first-order valence-corrected chi connectivity index (χ1v) is 7.53. The van der Waals surface area contributed by atoms with Crippen molar-refractivity contribution in [2.75, 3.05) is 4.72 Å². The summed E-state index contributed by atoms with van der Waals surface area (Å²) in [4.78, 5) is 3.15. The van der Waals surface area contributed by atoms with Crippen LogP contribution in [-0.2, 0) is 23.2 Å². The number of sulfonamides is 1. The van der Waals surface area contributed by atoms with Crippen LogP contribution in [0.25, 0.3) is 0 Å². The Morgan fingerprint density at radius 2 is 2.10 bits per heavy atom. The van der Waals surface area contributed by atoms with Crippen LogP contribution in [0, 0.1) is 0 Å². The molecule has 0 bridgehead atoms. The molecule has 2 rings (SSSR count). The molecule has 20 heavy (non-hydrogen) atoms. The normalized spacial score (nSPS) is 12.7. The lowest BCUT2D eigenvalue weighted by Gasteiger charge is -2.05. The Morgan fingerprint density at radius 1 is 1.45 bits per heavy atom. The molecule has 0 radical (unpaired) electrons. The zero-order valence-electron chi connectivity index (χ0n) is 9.64. The first-order valence-electron chi connectivity index (χ1n) is 4.85. The van der Waals surface area contributed by atoms with Crippen molar-refractivity contribution in [3.05, 3.63) is 22.3 Å². The average Bonchev–Trinajstić information content (AvgIpc) is 2.83. The van der Waals surface area contributed by atoms with E-state index in [1.165, 1.54) is 19.3 Å². The summed E-state index contributed by atoms with van der Waals surface area (Å²) in [5.74, 6) is 0. The van der Waals surface area contributed by atoms with Crippen molar-refractivity contribution in [3.63, 3.8) is 0 Å². The summed E-state index contributed by atoms with van der Waals surface area (Å²) in [6.45, 7) is 0. The minimum Gasteiger partial charge on any atom is -0.256 e. The van der Waals surface area contributed by atoms with Gasteiger partial charge in [0.25, 0.3) is 10.0 Å². The number of hydrogen-bond donors (Lipinski definition) is 1. The molecule has 0 fully saturated rings. The summed E-state index contributed by atoms with van der Waals surface area (Å²) in [7, 11) is -2.70. The van der Waals surface area contributed by atoms with Crippen LogP contribution in [0.5, 0.6) is 0 Å². The Morgan fingerprint density at radius 3 is 2.55 bits per heavy atom. The van der Waals surface area contributed by atoms with Gasteiger partial charge in [0.2, 0.25) is 0 Å². The van der Waals surface area contributed by atoms with Gasteiger partial charge in [0.15, 0.2) is 15.9 Å². The Hall–Kier alpha value is -1.33. The molecule has 2 heterocycles. The average molecular weight is 347 g/mol. The van der Waals surface area contributed by atoms with Gasteiger partial charge in [-0.15, -0.1) is 0 Å². The second kappa shape index (κ2) is 4.90. The van der Waals surface area contributed by atoms with Gasteiger partial charge in [0, 0.05) is 7.05 Å². The van der Waals surface area contributed by atoms with E-state index in [2.05, 4.69) is 10.1 Å². The van der Waals surface area contributed by atoms with Crippen LogP contribution in [0.4, 0.5) is 18.3 Å². The highest BCUT2D eigenvalue weighted by Crippen LogP contribution is 2.39. The second-order valence-electron chi connectivity index (χ2n) is 3.54. The molecule has 12 heteroatoms. The minimum absolute atomic E-state index is 0.211. The van der Waals surface area contributed by atoms with Gasteiger partial charge in [-0.1, -0.05) is 22.9 Å². The smallest absolute Gasteiger partial charge is 0.256 e. The van der Waals surface area contributed by atoms with Gasteiger partial charge in [-0.25, -0.2) is 4.98 Å². The highest BCUT2D eigenvalue weighted by atomic mass is 35.5. The zero-order chi connectivity index (χ0) is 15.1. The molecule has 0 aliphatic heterocycles. The van der Waals surface area contributed by atoms with Gasteiger partial charge < -0.3 is 0 Å². The predicted molar refractivity (Wildman–Crippen MR) is 66.1 cm³/mol. The van der Waals surface area contributed by atoms with E-state index in [-0.39, 0.29) is 5.03 Å². The van der Waals surface area contributed by atoms with E-state index >= 15 is 0 Å². The maximum Gasteiger partial charge on any atom is 0.435 e. The number of anilines is 1. The largest absolute Gasteiger partial charge is 0.435 e. The number of nitrogens with one attached hydrogen (secondary N) is 1. The second-order valence-corrected chi connectivity index (χ2v) is 6.77. The van der Waals surface area contributed by atoms with Gasteiger partial charge in [0.1, 0.15) is 4.34 Å². The fourth-order valence-corrected chi connectivity index (χ4v) is 3.76. The van der Waals surface area contributed by atoms with Crippen LogP contribution in [0.1, 0.15) is 5.69 Å². The molecule has 1 N–H and O–H groups in total. The first kappa shape index (κ1) is 15.1. The topological polar surface area (TPSA) is 76.9 Å². The third kappa shape index (κ3) is 2.88. The summed E-state index contributed by atoms with van der Waals surface area (Å²) in [6.07, 6.45) is -3.51. The van der Waals surface area contributed by atoms with Crippen LogP contribution in [0.15, 0.2) is 17.3 Å². The number of aryl methyl sites for hydroxylation is 1. The molecule has 0 atom stereocenters. The van der Waals surface area contributed by atoms with E-state index in [4.69, 9.17) is 11.6 Å². The van der Waals surface area contributed by atoms with Crippen LogP contribution in [0.2, 0.25) is 4.34 Å². The molecule has 0 aliphatic carbocycles. The Bertz CT molecular complexity index is 737. The Labute approximate surface area is 120 Å². The maximum absolute atomic E-state index is 12.5. The number of hydrogen-bond acceptors (Lipinski definition) is 5. The highest BCUT2D eigenvalue weighted by molar-refractivity contribution is 7.92. The van der Waals surface area contributed by atoms with E-state index in [1.807, 2.05) is 4.72 Å². The van der Waals surface area contributed by atoms with Crippen molar-refractivity contribution in [1.82, 2.24) is 14.8 Å². The van der Waals surface area contributed by atoms with Crippen molar-refractivity contribution < 1.29 is 21.6 Å². The van der Waals surface area contributed by atoms with Crippen molar-refractivity contribution in [3.8, 4) is 0 Å². The van der Waals surface area contributed by atoms with E-state index < -0.39 is 31.4 Å². The monoisotopic (exact) mass is 346 g/mol. The molecule has 0 saturated heterocycles. The third-order valence-electron chi connectivity index (χ3n) is 2.13.